The molecule has 0 spiro atoms. The number of nitrogens with one attached hydrogen (secondary N) is 2. The quantitative estimate of drug-likeness (QED) is 0.594. The van der Waals surface area contributed by atoms with Crippen molar-refractivity contribution in [3.05, 3.63) is 18.2 Å². The number of carboxylic acid groups (broad SMARTS) is 1. The number of carbonyl (C=O) groups is 2. The van der Waals surface area contributed by atoms with Gasteiger partial charge in [-0.25, -0.2) is 4.98 Å². The second-order valence-corrected chi connectivity index (χ2v) is 3.41. The number of H-pyrrole nitrogens is 1. The third-order valence-corrected chi connectivity index (χ3v) is 2.05. The first kappa shape index (κ1) is 12.2. The molecule has 0 aromatic carbocycles. The summed E-state index contributed by atoms with van der Waals surface area (Å²) in [6.45, 7) is 0.380. The summed E-state index contributed by atoms with van der Waals surface area (Å²) in [5, 5.41) is 11.1. The molecule has 1 aromatic heterocycles. The van der Waals surface area contributed by atoms with Crippen LogP contribution in [-0.4, -0.2) is 27.0 Å². The van der Waals surface area contributed by atoms with Crippen LogP contribution < -0.4 is 5.32 Å². The first-order valence-corrected chi connectivity index (χ1v) is 5.15. The van der Waals surface area contributed by atoms with Crippen LogP contribution in [0.4, 0.5) is 0 Å². The Balaban J connectivity index is 2.05. The monoisotopic (exact) mass is 225 g/mol. The Morgan fingerprint density at radius 1 is 1.38 bits per heavy atom. The fraction of sp³-hybridized carbons (Fsp3) is 0.500. The summed E-state index contributed by atoms with van der Waals surface area (Å²) in [5.41, 5.74) is 0. The minimum atomic E-state index is -0.823. The van der Waals surface area contributed by atoms with Crippen molar-refractivity contribution in [2.45, 2.75) is 32.2 Å². The number of rotatable bonds is 7. The van der Waals surface area contributed by atoms with Crippen LogP contribution in [0.2, 0.25) is 0 Å². The third-order valence-electron chi connectivity index (χ3n) is 2.05. The first-order chi connectivity index (χ1) is 7.68. The van der Waals surface area contributed by atoms with Gasteiger partial charge < -0.3 is 15.4 Å². The van der Waals surface area contributed by atoms with Crippen LogP contribution in [0.15, 0.2) is 12.4 Å². The minimum Gasteiger partial charge on any atom is -0.481 e. The van der Waals surface area contributed by atoms with Gasteiger partial charge in [-0.1, -0.05) is 0 Å². The highest BCUT2D eigenvalue weighted by Gasteiger charge is 2.03. The standard InChI is InChI=1S/C10H15N3O3/c14-9(3-1-2-4-10(15)16)13-7-8-11-5-6-12-8/h5-6H,1-4,7H2,(H,11,12)(H,13,14)(H,15,16). The molecule has 1 rings (SSSR count). The highest BCUT2D eigenvalue weighted by Crippen LogP contribution is 1.99. The van der Waals surface area contributed by atoms with Gasteiger partial charge in [-0.05, 0) is 12.8 Å². The van der Waals surface area contributed by atoms with E-state index in [1.165, 1.54) is 0 Å². The molecule has 0 atom stereocenters. The summed E-state index contributed by atoms with van der Waals surface area (Å²) >= 11 is 0. The van der Waals surface area contributed by atoms with Crippen molar-refractivity contribution in [2.24, 2.45) is 0 Å². The molecular weight excluding hydrogens is 210 g/mol. The predicted octanol–water partition coefficient (Wildman–Crippen LogP) is 0.671. The van der Waals surface area contributed by atoms with Gasteiger partial charge >= 0.3 is 5.97 Å². The second kappa shape index (κ2) is 6.60. The molecule has 0 saturated heterocycles. The fourth-order valence-corrected chi connectivity index (χ4v) is 1.23. The summed E-state index contributed by atoms with van der Waals surface area (Å²) in [6, 6.07) is 0. The number of aromatic nitrogens is 2. The van der Waals surface area contributed by atoms with Gasteiger partial charge in [-0.2, -0.15) is 0 Å². The lowest BCUT2D eigenvalue weighted by molar-refractivity contribution is -0.137. The average Bonchev–Trinajstić information content (AvgIpc) is 2.74. The van der Waals surface area contributed by atoms with E-state index in [-0.39, 0.29) is 12.3 Å². The number of aromatic amines is 1. The normalized spacial score (nSPS) is 10.0. The van der Waals surface area contributed by atoms with Crippen molar-refractivity contribution in [2.75, 3.05) is 0 Å². The maximum absolute atomic E-state index is 11.3. The Hall–Kier alpha value is -1.85. The van der Waals surface area contributed by atoms with Crippen LogP contribution in [0.25, 0.3) is 0 Å². The molecule has 6 heteroatoms. The topological polar surface area (TPSA) is 95.1 Å². The molecule has 1 aromatic rings. The molecule has 16 heavy (non-hydrogen) atoms. The maximum Gasteiger partial charge on any atom is 0.303 e. The largest absolute Gasteiger partial charge is 0.481 e. The molecule has 1 heterocycles. The van der Waals surface area contributed by atoms with Gasteiger partial charge in [0.05, 0.1) is 6.54 Å². The number of nitrogens with zero attached hydrogens (tertiary/aromatic N) is 1. The first-order valence-electron chi connectivity index (χ1n) is 5.15. The molecule has 0 aliphatic rings. The molecule has 0 fully saturated rings. The zero-order chi connectivity index (χ0) is 11.8. The number of carboxylic acids is 1. The SMILES string of the molecule is O=C(O)CCCCC(=O)NCc1ncc[nH]1. The van der Waals surface area contributed by atoms with Gasteiger partial charge in [-0.15, -0.1) is 0 Å². The van der Waals surface area contributed by atoms with Crippen molar-refractivity contribution in [3.8, 4) is 0 Å². The lowest BCUT2D eigenvalue weighted by Crippen LogP contribution is -2.22. The zero-order valence-corrected chi connectivity index (χ0v) is 8.90. The molecule has 0 unspecified atom stereocenters. The van der Waals surface area contributed by atoms with E-state index in [2.05, 4.69) is 15.3 Å². The second-order valence-electron chi connectivity index (χ2n) is 3.41. The van der Waals surface area contributed by atoms with Crippen molar-refractivity contribution < 1.29 is 14.7 Å². The average molecular weight is 225 g/mol. The highest BCUT2D eigenvalue weighted by atomic mass is 16.4. The Bertz CT molecular complexity index is 335. The molecular formula is C10H15N3O3. The van der Waals surface area contributed by atoms with Gasteiger partial charge in [0.25, 0.3) is 0 Å². The molecule has 0 bridgehead atoms. The van der Waals surface area contributed by atoms with E-state index in [1.54, 1.807) is 12.4 Å². The number of carbonyl (C=O) groups excluding carboxylic acids is 1. The number of aliphatic carboxylic acids is 1. The third kappa shape index (κ3) is 5.14. The summed E-state index contributed by atoms with van der Waals surface area (Å²) < 4.78 is 0. The zero-order valence-electron chi connectivity index (χ0n) is 8.90. The van der Waals surface area contributed by atoms with Crippen LogP contribution in [0.3, 0.4) is 0 Å². The number of amides is 1. The summed E-state index contributed by atoms with van der Waals surface area (Å²) in [5.74, 6) is -0.198. The van der Waals surface area contributed by atoms with Crippen LogP contribution in [-0.2, 0) is 16.1 Å². The van der Waals surface area contributed by atoms with Crippen molar-refractivity contribution in [3.63, 3.8) is 0 Å². The van der Waals surface area contributed by atoms with E-state index in [0.717, 1.165) is 0 Å². The van der Waals surface area contributed by atoms with E-state index < -0.39 is 5.97 Å². The van der Waals surface area contributed by atoms with Crippen molar-refractivity contribution in [1.29, 1.82) is 0 Å². The van der Waals surface area contributed by atoms with E-state index in [0.29, 0.717) is 31.6 Å². The lowest BCUT2D eigenvalue weighted by atomic mass is 10.2. The molecule has 6 nitrogen and oxygen atoms in total. The minimum absolute atomic E-state index is 0.0817. The summed E-state index contributed by atoms with van der Waals surface area (Å²) in [7, 11) is 0. The van der Waals surface area contributed by atoms with Crippen LogP contribution in [0, 0.1) is 0 Å². The van der Waals surface area contributed by atoms with Gasteiger partial charge in [-0.3, -0.25) is 9.59 Å². The Morgan fingerprint density at radius 2 is 2.12 bits per heavy atom. The Morgan fingerprint density at radius 3 is 2.75 bits per heavy atom. The maximum atomic E-state index is 11.3. The molecule has 88 valence electrons. The van der Waals surface area contributed by atoms with Gasteiger partial charge in [0.1, 0.15) is 5.82 Å². The Labute approximate surface area is 93.1 Å². The van der Waals surface area contributed by atoms with Gasteiger partial charge in [0.2, 0.25) is 5.91 Å². The summed E-state index contributed by atoms with van der Waals surface area (Å²) in [6.07, 6.45) is 4.90. The van der Waals surface area contributed by atoms with E-state index in [1.807, 2.05) is 0 Å². The molecule has 0 aliphatic heterocycles. The number of imidazole rings is 1. The van der Waals surface area contributed by atoms with Gasteiger partial charge in [0, 0.05) is 25.2 Å². The van der Waals surface area contributed by atoms with E-state index >= 15 is 0 Å². The van der Waals surface area contributed by atoms with Crippen LogP contribution in [0.1, 0.15) is 31.5 Å². The smallest absolute Gasteiger partial charge is 0.303 e. The predicted molar refractivity (Wildman–Crippen MR) is 56.5 cm³/mol. The molecule has 0 aliphatic carbocycles. The number of hydrogen-bond acceptors (Lipinski definition) is 3. The van der Waals surface area contributed by atoms with E-state index in [9.17, 15) is 9.59 Å². The van der Waals surface area contributed by atoms with Crippen molar-refractivity contribution >= 4 is 11.9 Å². The van der Waals surface area contributed by atoms with Crippen LogP contribution >= 0.6 is 0 Å². The number of unbranched alkanes of at least 4 members (excludes halogenated alkanes) is 1. The van der Waals surface area contributed by atoms with E-state index in [4.69, 9.17) is 5.11 Å². The highest BCUT2D eigenvalue weighted by molar-refractivity contribution is 5.75. The molecule has 1 amide bonds. The fourth-order valence-electron chi connectivity index (χ4n) is 1.23. The molecule has 3 N–H and O–H groups in total. The van der Waals surface area contributed by atoms with Crippen LogP contribution in [0.5, 0.6) is 0 Å². The number of hydrogen-bond donors (Lipinski definition) is 3. The summed E-state index contributed by atoms with van der Waals surface area (Å²) in [4.78, 5) is 28.3. The van der Waals surface area contributed by atoms with Gasteiger partial charge in [0.15, 0.2) is 0 Å². The van der Waals surface area contributed by atoms with Crippen molar-refractivity contribution in [1.82, 2.24) is 15.3 Å². The molecule has 0 saturated carbocycles. The lowest BCUT2D eigenvalue weighted by Gasteiger charge is -2.02. The Kier molecular flexibility index (Phi) is 5.04. The molecule has 0 radical (unpaired) electrons.